The molecule has 1 N–H and O–H groups in total. The maximum absolute atomic E-state index is 13.2. The third-order valence-corrected chi connectivity index (χ3v) is 4.10. The molecule has 1 amide bonds. The van der Waals surface area contributed by atoms with E-state index in [9.17, 15) is 9.18 Å². The standard InChI is InChI=1S/C17H22FN3O/c1-12(2)11-20-5-7-21(8-6-20)17(22)16-10-13-9-14(18)3-4-15(13)19-16/h3-4,9-10,12,19H,5-8,11H2,1-2H3. The zero-order chi connectivity index (χ0) is 15.7. The molecule has 1 saturated heterocycles. The molecule has 1 aliphatic heterocycles. The second-order valence-corrected chi connectivity index (χ2v) is 6.40. The lowest BCUT2D eigenvalue weighted by Gasteiger charge is -2.35. The number of nitrogens with one attached hydrogen (secondary N) is 1. The van der Waals surface area contributed by atoms with Crippen molar-refractivity contribution in [3.05, 3.63) is 35.8 Å². The molecule has 22 heavy (non-hydrogen) atoms. The SMILES string of the molecule is CC(C)CN1CCN(C(=O)c2cc3cc(F)ccc3[nH]2)CC1. The second-order valence-electron chi connectivity index (χ2n) is 6.40. The van der Waals surface area contributed by atoms with E-state index in [4.69, 9.17) is 0 Å². The Morgan fingerprint density at radius 1 is 1.23 bits per heavy atom. The lowest BCUT2D eigenvalue weighted by Crippen LogP contribution is -2.49. The van der Waals surface area contributed by atoms with Crippen LogP contribution in [0.25, 0.3) is 10.9 Å². The highest BCUT2D eigenvalue weighted by molar-refractivity contribution is 5.98. The lowest BCUT2D eigenvalue weighted by atomic mass is 10.2. The first-order chi connectivity index (χ1) is 10.5. The van der Waals surface area contributed by atoms with Crippen LogP contribution < -0.4 is 0 Å². The molecular formula is C17H22FN3O. The molecule has 2 heterocycles. The molecule has 0 saturated carbocycles. The third-order valence-electron chi connectivity index (χ3n) is 4.10. The van der Waals surface area contributed by atoms with Crippen molar-refractivity contribution in [1.82, 2.24) is 14.8 Å². The Morgan fingerprint density at radius 3 is 2.64 bits per heavy atom. The topological polar surface area (TPSA) is 39.3 Å². The number of nitrogens with zero attached hydrogens (tertiary/aromatic N) is 2. The number of halogens is 1. The predicted molar refractivity (Wildman–Crippen MR) is 85.4 cm³/mol. The van der Waals surface area contributed by atoms with Crippen LogP contribution in [-0.2, 0) is 0 Å². The summed E-state index contributed by atoms with van der Waals surface area (Å²) in [5.41, 5.74) is 1.33. The number of carbonyl (C=O) groups is 1. The molecule has 1 fully saturated rings. The number of fused-ring (bicyclic) bond motifs is 1. The Kier molecular flexibility index (Phi) is 4.16. The van der Waals surface area contributed by atoms with Gasteiger partial charge in [0.15, 0.2) is 0 Å². The first-order valence-corrected chi connectivity index (χ1v) is 7.83. The lowest BCUT2D eigenvalue weighted by molar-refractivity contribution is 0.0619. The van der Waals surface area contributed by atoms with Crippen LogP contribution in [-0.4, -0.2) is 53.4 Å². The number of aromatic nitrogens is 1. The summed E-state index contributed by atoms with van der Waals surface area (Å²) >= 11 is 0. The van der Waals surface area contributed by atoms with Gasteiger partial charge in [-0.1, -0.05) is 13.8 Å². The molecule has 0 atom stereocenters. The summed E-state index contributed by atoms with van der Waals surface area (Å²) in [6, 6.07) is 6.25. The highest BCUT2D eigenvalue weighted by atomic mass is 19.1. The molecular weight excluding hydrogens is 281 g/mol. The van der Waals surface area contributed by atoms with E-state index < -0.39 is 0 Å². The van der Waals surface area contributed by atoms with E-state index in [-0.39, 0.29) is 11.7 Å². The molecule has 5 heteroatoms. The van der Waals surface area contributed by atoms with E-state index in [1.54, 1.807) is 12.1 Å². The Hall–Kier alpha value is -1.88. The van der Waals surface area contributed by atoms with Crippen molar-refractivity contribution >= 4 is 16.8 Å². The Balaban J connectivity index is 1.68. The van der Waals surface area contributed by atoms with Gasteiger partial charge in [0, 0.05) is 43.6 Å². The molecule has 0 unspecified atom stereocenters. The highest BCUT2D eigenvalue weighted by Crippen LogP contribution is 2.18. The van der Waals surface area contributed by atoms with Crippen molar-refractivity contribution < 1.29 is 9.18 Å². The quantitative estimate of drug-likeness (QED) is 0.947. The van der Waals surface area contributed by atoms with Crippen molar-refractivity contribution in [3.63, 3.8) is 0 Å². The van der Waals surface area contributed by atoms with Gasteiger partial charge in [0.1, 0.15) is 11.5 Å². The van der Waals surface area contributed by atoms with E-state index in [1.165, 1.54) is 12.1 Å². The van der Waals surface area contributed by atoms with Crippen LogP contribution in [0.4, 0.5) is 4.39 Å². The Morgan fingerprint density at radius 2 is 1.95 bits per heavy atom. The van der Waals surface area contributed by atoms with Gasteiger partial charge in [0.25, 0.3) is 5.91 Å². The Bertz CT molecular complexity index is 672. The van der Waals surface area contributed by atoms with Gasteiger partial charge in [-0.25, -0.2) is 4.39 Å². The number of hydrogen-bond donors (Lipinski definition) is 1. The largest absolute Gasteiger partial charge is 0.351 e. The van der Waals surface area contributed by atoms with Gasteiger partial charge in [-0.2, -0.15) is 0 Å². The number of aromatic amines is 1. The fraction of sp³-hybridized carbons (Fsp3) is 0.471. The van der Waals surface area contributed by atoms with Crippen molar-refractivity contribution in [1.29, 1.82) is 0 Å². The molecule has 4 nitrogen and oxygen atoms in total. The van der Waals surface area contributed by atoms with E-state index >= 15 is 0 Å². The zero-order valence-corrected chi connectivity index (χ0v) is 13.1. The van der Waals surface area contributed by atoms with E-state index in [2.05, 4.69) is 23.7 Å². The van der Waals surface area contributed by atoms with Gasteiger partial charge in [-0.3, -0.25) is 9.69 Å². The number of hydrogen-bond acceptors (Lipinski definition) is 2. The van der Waals surface area contributed by atoms with E-state index in [0.717, 1.165) is 43.6 Å². The number of benzene rings is 1. The molecule has 0 spiro atoms. The summed E-state index contributed by atoms with van der Waals surface area (Å²) in [7, 11) is 0. The number of rotatable bonds is 3. The smallest absolute Gasteiger partial charge is 0.270 e. The molecule has 1 aliphatic rings. The molecule has 0 aliphatic carbocycles. The minimum Gasteiger partial charge on any atom is -0.351 e. The number of H-pyrrole nitrogens is 1. The summed E-state index contributed by atoms with van der Waals surface area (Å²) in [4.78, 5) is 19.9. The van der Waals surface area contributed by atoms with Gasteiger partial charge >= 0.3 is 0 Å². The zero-order valence-electron chi connectivity index (χ0n) is 13.1. The van der Waals surface area contributed by atoms with Crippen LogP contribution in [0.2, 0.25) is 0 Å². The maximum atomic E-state index is 13.2. The highest BCUT2D eigenvalue weighted by Gasteiger charge is 2.23. The maximum Gasteiger partial charge on any atom is 0.270 e. The molecule has 0 radical (unpaired) electrons. The molecule has 0 bridgehead atoms. The number of piperazine rings is 1. The van der Waals surface area contributed by atoms with Crippen molar-refractivity contribution in [3.8, 4) is 0 Å². The van der Waals surface area contributed by atoms with Crippen LogP contribution in [0.3, 0.4) is 0 Å². The minimum absolute atomic E-state index is 0.000745. The van der Waals surface area contributed by atoms with E-state index in [1.807, 2.05) is 4.90 Å². The summed E-state index contributed by atoms with van der Waals surface area (Å²) in [6.45, 7) is 8.82. The average molecular weight is 303 g/mol. The normalized spacial score (nSPS) is 16.6. The van der Waals surface area contributed by atoms with Gasteiger partial charge < -0.3 is 9.88 Å². The summed E-state index contributed by atoms with van der Waals surface area (Å²) in [5.74, 6) is 0.361. The van der Waals surface area contributed by atoms with Crippen LogP contribution >= 0.6 is 0 Å². The molecule has 1 aromatic heterocycles. The number of amides is 1. The van der Waals surface area contributed by atoms with Gasteiger partial charge in [0.05, 0.1) is 0 Å². The van der Waals surface area contributed by atoms with Crippen LogP contribution in [0.1, 0.15) is 24.3 Å². The number of carbonyl (C=O) groups excluding carboxylic acids is 1. The first-order valence-electron chi connectivity index (χ1n) is 7.83. The van der Waals surface area contributed by atoms with Crippen molar-refractivity contribution in [2.24, 2.45) is 5.92 Å². The molecule has 118 valence electrons. The molecule has 3 rings (SSSR count). The predicted octanol–water partition coefficient (Wildman–Crippen LogP) is 2.72. The summed E-state index contributed by atoms with van der Waals surface area (Å²) in [6.07, 6.45) is 0. The third kappa shape index (κ3) is 3.14. The van der Waals surface area contributed by atoms with Gasteiger partial charge in [-0.05, 0) is 30.2 Å². The van der Waals surface area contributed by atoms with Crippen LogP contribution in [0, 0.1) is 11.7 Å². The average Bonchev–Trinajstić information content (AvgIpc) is 2.89. The fourth-order valence-corrected chi connectivity index (χ4v) is 3.04. The van der Waals surface area contributed by atoms with Crippen LogP contribution in [0.5, 0.6) is 0 Å². The van der Waals surface area contributed by atoms with Gasteiger partial charge in [-0.15, -0.1) is 0 Å². The van der Waals surface area contributed by atoms with E-state index in [0.29, 0.717) is 11.6 Å². The monoisotopic (exact) mass is 303 g/mol. The Labute approximate surface area is 129 Å². The summed E-state index contributed by atoms with van der Waals surface area (Å²) < 4.78 is 13.2. The first kappa shape index (κ1) is 15.0. The van der Waals surface area contributed by atoms with Crippen molar-refractivity contribution in [2.75, 3.05) is 32.7 Å². The molecule has 1 aromatic carbocycles. The molecule has 2 aromatic rings. The van der Waals surface area contributed by atoms with Crippen molar-refractivity contribution in [2.45, 2.75) is 13.8 Å². The second kappa shape index (κ2) is 6.08. The minimum atomic E-state index is -0.284. The fourth-order valence-electron chi connectivity index (χ4n) is 3.04. The van der Waals surface area contributed by atoms with Gasteiger partial charge in [0.2, 0.25) is 0 Å². The summed E-state index contributed by atoms with van der Waals surface area (Å²) in [5, 5.41) is 0.738. The van der Waals surface area contributed by atoms with Crippen LogP contribution in [0.15, 0.2) is 24.3 Å².